The molecule has 4 rings (SSSR count). The van der Waals surface area contributed by atoms with E-state index in [4.69, 9.17) is 26.2 Å². The number of benzene rings is 1. The SMILES string of the molecule is Cc1cc([C@@H](C)Nc2ccc(Cl)nc2C#N)c2oc(/C(C=N)=C/[NH2+]C3CN(C(=O)OC(C)(C)C)C3)c(C)c(=O)c2c1. The van der Waals surface area contributed by atoms with Gasteiger partial charge in [0.25, 0.3) is 0 Å². The first-order valence-electron chi connectivity index (χ1n) is 13.3. The first kappa shape index (κ1) is 29.8. The first-order chi connectivity index (χ1) is 19.3. The highest BCUT2D eigenvalue weighted by Crippen LogP contribution is 2.31. The number of amides is 1. The maximum absolute atomic E-state index is 13.5. The first-order valence-corrected chi connectivity index (χ1v) is 13.6. The van der Waals surface area contributed by atoms with Crippen LogP contribution in [0.15, 0.2) is 39.7 Å². The lowest BCUT2D eigenvalue weighted by Gasteiger charge is -2.37. The van der Waals surface area contributed by atoms with Gasteiger partial charge in [0.2, 0.25) is 0 Å². The Morgan fingerprint density at radius 1 is 1.34 bits per heavy atom. The molecule has 1 aliphatic rings. The number of nitrogens with two attached hydrogens (primary N) is 1. The van der Waals surface area contributed by atoms with Crippen LogP contribution in [0.5, 0.6) is 0 Å². The van der Waals surface area contributed by atoms with Crippen LogP contribution >= 0.6 is 11.6 Å². The van der Waals surface area contributed by atoms with E-state index < -0.39 is 5.60 Å². The van der Waals surface area contributed by atoms with Gasteiger partial charge in [-0.2, -0.15) is 5.26 Å². The Morgan fingerprint density at radius 3 is 2.68 bits per heavy atom. The Balaban J connectivity index is 1.64. The largest absolute Gasteiger partial charge is 0.455 e. The van der Waals surface area contributed by atoms with E-state index >= 15 is 0 Å². The molecule has 1 aliphatic heterocycles. The fourth-order valence-corrected chi connectivity index (χ4v) is 4.80. The number of hydrogen-bond donors (Lipinski definition) is 3. The van der Waals surface area contributed by atoms with Gasteiger partial charge in [0.1, 0.15) is 40.4 Å². The summed E-state index contributed by atoms with van der Waals surface area (Å²) in [5.41, 5.74) is 2.76. The molecule has 0 aliphatic carbocycles. The van der Waals surface area contributed by atoms with Crippen LogP contribution < -0.4 is 16.1 Å². The average molecular weight is 578 g/mol. The lowest BCUT2D eigenvalue weighted by Crippen LogP contribution is -2.92. The minimum atomic E-state index is -0.557. The molecule has 4 N–H and O–H groups in total. The summed E-state index contributed by atoms with van der Waals surface area (Å²) in [6.07, 6.45) is 2.57. The van der Waals surface area contributed by atoms with Crippen molar-refractivity contribution in [1.29, 1.82) is 10.7 Å². The molecule has 41 heavy (non-hydrogen) atoms. The number of allylic oxidation sites excluding steroid dienone is 1. The Kier molecular flexibility index (Phi) is 8.52. The van der Waals surface area contributed by atoms with Crippen molar-refractivity contribution in [2.24, 2.45) is 0 Å². The number of quaternary nitrogens is 1. The molecule has 1 atom stereocenters. The smallest absolute Gasteiger partial charge is 0.410 e. The van der Waals surface area contributed by atoms with Crippen LogP contribution in [-0.4, -0.2) is 46.9 Å². The van der Waals surface area contributed by atoms with Gasteiger partial charge in [0.15, 0.2) is 11.1 Å². The minimum absolute atomic E-state index is 0.0923. The highest BCUT2D eigenvalue weighted by atomic mass is 35.5. The van der Waals surface area contributed by atoms with Crippen molar-refractivity contribution < 1.29 is 19.3 Å². The van der Waals surface area contributed by atoms with Crippen LogP contribution in [0.1, 0.15) is 61.9 Å². The van der Waals surface area contributed by atoms with E-state index in [9.17, 15) is 14.9 Å². The Hall–Kier alpha value is -4.20. The van der Waals surface area contributed by atoms with Crippen molar-refractivity contribution in [2.45, 2.75) is 59.2 Å². The number of hydrogen-bond acceptors (Lipinski definition) is 8. The van der Waals surface area contributed by atoms with Gasteiger partial charge in [0, 0.05) is 17.3 Å². The zero-order valence-corrected chi connectivity index (χ0v) is 24.7. The lowest BCUT2D eigenvalue weighted by atomic mass is 9.99. The van der Waals surface area contributed by atoms with E-state index in [0.29, 0.717) is 46.6 Å². The second kappa shape index (κ2) is 11.7. The van der Waals surface area contributed by atoms with E-state index in [1.165, 1.54) is 0 Å². The molecule has 1 fully saturated rings. The normalized spacial score (nSPS) is 14.8. The van der Waals surface area contributed by atoms with Gasteiger partial charge >= 0.3 is 6.09 Å². The topological polar surface area (TPSA) is 149 Å². The van der Waals surface area contributed by atoms with Gasteiger partial charge in [-0.3, -0.25) is 9.69 Å². The number of likely N-dealkylation sites (tertiary alicyclic amines) is 1. The van der Waals surface area contributed by atoms with Crippen LogP contribution in [-0.2, 0) is 4.74 Å². The molecular formula is C30H34ClN6O4+. The molecular weight excluding hydrogens is 544 g/mol. The fourth-order valence-electron chi connectivity index (χ4n) is 4.65. The van der Waals surface area contributed by atoms with E-state index in [1.54, 1.807) is 36.2 Å². The van der Waals surface area contributed by atoms with Gasteiger partial charge in [-0.15, -0.1) is 0 Å². The Labute approximate surface area is 243 Å². The minimum Gasteiger partial charge on any atom is -0.455 e. The molecule has 214 valence electrons. The maximum Gasteiger partial charge on any atom is 0.410 e. The van der Waals surface area contributed by atoms with E-state index in [2.05, 4.69) is 10.3 Å². The highest BCUT2D eigenvalue weighted by molar-refractivity contribution is 6.29. The molecule has 3 aromatic rings. The molecule has 1 aromatic carbocycles. The number of anilines is 1. The standard InChI is InChI=1S/C30H33ClN6O4/c1-16-9-21(18(3)35-23-7-8-25(31)36-24(23)12-33)28-22(10-16)26(38)17(2)27(40-28)19(11-32)13-34-20-14-37(15-20)29(39)41-30(4,5)6/h7-11,13,18,20,32,34-35H,14-15H2,1-6H3/p+1/b19-13+,32-11?/t18-/m1/s1. The molecule has 10 nitrogen and oxygen atoms in total. The zero-order chi connectivity index (χ0) is 30.1. The summed E-state index contributed by atoms with van der Waals surface area (Å²) in [6.45, 7) is 12.0. The quantitative estimate of drug-likeness (QED) is 0.273. The van der Waals surface area contributed by atoms with Crippen LogP contribution in [0.2, 0.25) is 5.15 Å². The molecule has 2 aromatic heterocycles. The number of nitrogens with zero attached hydrogens (tertiary/aromatic N) is 3. The number of pyridine rings is 1. The van der Waals surface area contributed by atoms with Crippen molar-refractivity contribution in [3.05, 3.63) is 74.0 Å². The van der Waals surface area contributed by atoms with Crippen LogP contribution in [0.25, 0.3) is 16.5 Å². The summed E-state index contributed by atoms with van der Waals surface area (Å²) in [6, 6.07) is 8.77. The number of nitriles is 1. The molecule has 0 spiro atoms. The Bertz CT molecular complexity index is 1640. The number of fused-ring (bicyclic) bond motifs is 1. The van der Waals surface area contributed by atoms with Crippen molar-refractivity contribution in [3.63, 3.8) is 0 Å². The summed E-state index contributed by atoms with van der Waals surface area (Å²) in [4.78, 5) is 31.5. The van der Waals surface area contributed by atoms with Gasteiger partial charge in [-0.05, 0) is 65.3 Å². The van der Waals surface area contributed by atoms with Crippen molar-refractivity contribution >= 4 is 46.1 Å². The van der Waals surface area contributed by atoms with Crippen molar-refractivity contribution in [3.8, 4) is 6.07 Å². The molecule has 0 bridgehead atoms. The van der Waals surface area contributed by atoms with Gasteiger partial charge < -0.3 is 25.2 Å². The van der Waals surface area contributed by atoms with Gasteiger partial charge in [-0.1, -0.05) is 17.7 Å². The second-order valence-electron chi connectivity index (χ2n) is 11.2. The number of ether oxygens (including phenoxy) is 1. The molecule has 0 unspecified atom stereocenters. The average Bonchev–Trinajstić information content (AvgIpc) is 2.87. The van der Waals surface area contributed by atoms with Crippen LogP contribution in [0.4, 0.5) is 10.5 Å². The molecule has 3 heterocycles. The lowest BCUT2D eigenvalue weighted by molar-refractivity contribution is -0.637. The summed E-state index contributed by atoms with van der Waals surface area (Å²) in [5.74, 6) is 0.306. The molecule has 1 amide bonds. The molecule has 1 saturated heterocycles. The Morgan fingerprint density at radius 2 is 2.05 bits per heavy atom. The van der Waals surface area contributed by atoms with Gasteiger partial charge in [-0.25, -0.2) is 9.78 Å². The zero-order valence-electron chi connectivity index (χ0n) is 24.0. The second-order valence-corrected chi connectivity index (χ2v) is 11.6. The molecule has 11 heteroatoms. The fraction of sp³-hybridized carbons (Fsp3) is 0.367. The third-order valence-corrected chi connectivity index (χ3v) is 6.94. The third kappa shape index (κ3) is 6.59. The van der Waals surface area contributed by atoms with E-state index in [1.807, 2.05) is 52.1 Å². The summed E-state index contributed by atoms with van der Waals surface area (Å²) < 4.78 is 11.8. The molecule has 0 radical (unpaired) electrons. The number of rotatable bonds is 7. The van der Waals surface area contributed by atoms with Crippen LogP contribution in [0.3, 0.4) is 0 Å². The summed E-state index contributed by atoms with van der Waals surface area (Å²) >= 11 is 5.95. The highest BCUT2D eigenvalue weighted by Gasteiger charge is 2.36. The van der Waals surface area contributed by atoms with Crippen molar-refractivity contribution in [2.75, 3.05) is 18.4 Å². The molecule has 0 saturated carbocycles. The van der Waals surface area contributed by atoms with Crippen molar-refractivity contribution in [1.82, 2.24) is 9.88 Å². The predicted molar refractivity (Wildman–Crippen MR) is 158 cm³/mol. The summed E-state index contributed by atoms with van der Waals surface area (Å²) in [5, 5.41) is 23.4. The maximum atomic E-state index is 13.5. The summed E-state index contributed by atoms with van der Waals surface area (Å²) in [7, 11) is 0. The number of carbonyl (C=O) groups excluding carboxylic acids is 1. The number of halogens is 1. The third-order valence-electron chi connectivity index (χ3n) is 6.72. The number of aromatic nitrogens is 1. The van der Waals surface area contributed by atoms with Crippen LogP contribution in [0, 0.1) is 30.6 Å². The number of nitrogens with one attached hydrogen (secondary N) is 2. The van der Waals surface area contributed by atoms with E-state index in [-0.39, 0.29) is 34.5 Å². The number of aryl methyl sites for hydroxylation is 1. The number of carbonyl (C=O) groups is 1. The monoisotopic (exact) mass is 577 g/mol. The van der Waals surface area contributed by atoms with Gasteiger partial charge in [0.05, 0.1) is 35.8 Å². The predicted octanol–water partition coefficient (Wildman–Crippen LogP) is 4.68. The van der Waals surface area contributed by atoms with E-state index in [0.717, 1.165) is 17.3 Å².